The molecule has 1 heterocycles. The summed E-state index contributed by atoms with van der Waals surface area (Å²) in [4.78, 5) is 2.94. The molecular weight excluding hydrogens is 223 g/mol. The lowest BCUT2D eigenvalue weighted by atomic mass is 10.0. The third kappa shape index (κ3) is 1.57. The van der Waals surface area contributed by atoms with Gasteiger partial charge < -0.3 is 9.55 Å². The average Bonchev–Trinajstić information content (AvgIpc) is 2.57. The molecule has 1 N–H and O–H groups in total. The molecule has 0 spiro atoms. The topological polar surface area (TPSA) is 20.7 Å². The first-order chi connectivity index (χ1) is 7.47. The van der Waals surface area contributed by atoms with Crippen molar-refractivity contribution in [2.45, 2.75) is 32.7 Å². The van der Waals surface area contributed by atoms with Crippen molar-refractivity contribution in [3.8, 4) is 0 Å². The van der Waals surface area contributed by atoms with Gasteiger partial charge in [0.1, 0.15) is 11.3 Å². The lowest BCUT2D eigenvalue weighted by molar-refractivity contribution is 0.348. The SMILES string of the molecule is CCC(C)(C)n1c(=S)[nH]c2c(F)cccc21. The molecule has 86 valence electrons. The zero-order valence-corrected chi connectivity index (χ0v) is 10.5. The van der Waals surface area contributed by atoms with E-state index in [1.807, 2.05) is 10.6 Å². The maximum absolute atomic E-state index is 13.6. The van der Waals surface area contributed by atoms with E-state index in [1.54, 1.807) is 6.07 Å². The van der Waals surface area contributed by atoms with Crippen LogP contribution < -0.4 is 0 Å². The minimum atomic E-state index is -0.255. The van der Waals surface area contributed by atoms with Crippen LogP contribution in [0.2, 0.25) is 0 Å². The second-order valence-electron chi connectivity index (χ2n) is 4.57. The number of hydrogen-bond acceptors (Lipinski definition) is 1. The zero-order chi connectivity index (χ0) is 11.9. The Labute approximate surface area is 99.1 Å². The first kappa shape index (κ1) is 11.3. The number of nitrogens with one attached hydrogen (secondary N) is 1. The van der Waals surface area contributed by atoms with E-state index in [0.29, 0.717) is 10.3 Å². The second kappa shape index (κ2) is 3.70. The quantitative estimate of drug-likeness (QED) is 0.785. The molecule has 2 aromatic rings. The van der Waals surface area contributed by atoms with E-state index >= 15 is 0 Å². The average molecular weight is 238 g/mol. The predicted octanol–water partition coefficient (Wildman–Crippen LogP) is 3.98. The highest BCUT2D eigenvalue weighted by Gasteiger charge is 2.21. The highest BCUT2D eigenvalue weighted by molar-refractivity contribution is 7.71. The fourth-order valence-electron chi connectivity index (χ4n) is 1.85. The summed E-state index contributed by atoms with van der Waals surface area (Å²) < 4.78 is 16.1. The van der Waals surface area contributed by atoms with E-state index in [4.69, 9.17) is 12.2 Å². The fraction of sp³-hybridized carbons (Fsp3) is 0.417. The first-order valence-corrected chi connectivity index (χ1v) is 5.78. The molecule has 16 heavy (non-hydrogen) atoms. The Balaban J connectivity index is 2.85. The Bertz CT molecular complexity index is 580. The number of para-hydroxylation sites is 1. The number of imidazole rings is 1. The summed E-state index contributed by atoms with van der Waals surface area (Å²) in [6.45, 7) is 6.29. The summed E-state index contributed by atoms with van der Waals surface area (Å²) in [5, 5.41) is 0. The number of fused-ring (bicyclic) bond motifs is 1. The lowest BCUT2D eigenvalue weighted by Gasteiger charge is -2.25. The van der Waals surface area contributed by atoms with Crippen molar-refractivity contribution in [2.24, 2.45) is 0 Å². The summed E-state index contributed by atoms with van der Waals surface area (Å²) in [7, 11) is 0. The predicted molar refractivity (Wildman–Crippen MR) is 66.7 cm³/mol. The molecule has 1 aromatic carbocycles. The van der Waals surface area contributed by atoms with Crippen LogP contribution in [-0.2, 0) is 5.54 Å². The highest BCUT2D eigenvalue weighted by Crippen LogP contribution is 2.27. The van der Waals surface area contributed by atoms with E-state index in [9.17, 15) is 4.39 Å². The van der Waals surface area contributed by atoms with Crippen molar-refractivity contribution in [3.63, 3.8) is 0 Å². The monoisotopic (exact) mass is 238 g/mol. The summed E-state index contributed by atoms with van der Waals surface area (Å²) >= 11 is 5.27. The number of H-pyrrole nitrogens is 1. The van der Waals surface area contributed by atoms with Crippen LogP contribution in [0, 0.1) is 10.6 Å². The lowest BCUT2D eigenvalue weighted by Crippen LogP contribution is -2.25. The molecule has 0 aliphatic carbocycles. The first-order valence-electron chi connectivity index (χ1n) is 5.37. The van der Waals surface area contributed by atoms with Crippen LogP contribution in [0.25, 0.3) is 11.0 Å². The van der Waals surface area contributed by atoms with Crippen LogP contribution in [-0.4, -0.2) is 9.55 Å². The van der Waals surface area contributed by atoms with Crippen LogP contribution in [0.1, 0.15) is 27.2 Å². The smallest absolute Gasteiger partial charge is 0.178 e. The minimum absolute atomic E-state index is 0.108. The van der Waals surface area contributed by atoms with Gasteiger partial charge >= 0.3 is 0 Å². The fourth-order valence-corrected chi connectivity index (χ4v) is 2.30. The van der Waals surface area contributed by atoms with Gasteiger partial charge in [-0.1, -0.05) is 13.0 Å². The summed E-state index contributed by atoms with van der Waals surface area (Å²) in [5.74, 6) is -0.255. The Morgan fingerprint density at radius 3 is 2.75 bits per heavy atom. The molecule has 0 atom stereocenters. The Kier molecular flexibility index (Phi) is 2.62. The van der Waals surface area contributed by atoms with Gasteiger partial charge in [0.05, 0.1) is 5.52 Å². The molecule has 0 amide bonds. The van der Waals surface area contributed by atoms with E-state index < -0.39 is 0 Å². The Morgan fingerprint density at radius 1 is 1.44 bits per heavy atom. The number of nitrogens with zero attached hydrogens (tertiary/aromatic N) is 1. The standard InChI is InChI=1S/C12H15FN2S/c1-4-12(2,3)15-9-7-5-6-8(13)10(9)14-11(15)16/h5-7H,4H2,1-3H3,(H,14,16). The number of aromatic nitrogens is 2. The van der Waals surface area contributed by atoms with Gasteiger partial charge in [-0.25, -0.2) is 4.39 Å². The maximum atomic E-state index is 13.6. The van der Waals surface area contributed by atoms with Gasteiger partial charge in [-0.15, -0.1) is 0 Å². The summed E-state index contributed by atoms with van der Waals surface area (Å²) in [6, 6.07) is 5.04. The third-order valence-corrected chi connectivity index (χ3v) is 3.42. The molecule has 0 fully saturated rings. The molecule has 0 unspecified atom stereocenters. The van der Waals surface area contributed by atoms with Crippen LogP contribution in [0.15, 0.2) is 18.2 Å². The molecule has 1 aromatic heterocycles. The molecule has 0 bridgehead atoms. The van der Waals surface area contributed by atoms with Gasteiger partial charge in [0.25, 0.3) is 0 Å². The van der Waals surface area contributed by atoms with E-state index in [0.717, 1.165) is 11.9 Å². The van der Waals surface area contributed by atoms with Crippen molar-refractivity contribution in [1.82, 2.24) is 9.55 Å². The molecular formula is C12H15FN2S. The molecule has 0 aliphatic heterocycles. The van der Waals surface area contributed by atoms with Gasteiger partial charge in [0.2, 0.25) is 0 Å². The molecule has 0 radical (unpaired) electrons. The molecule has 0 saturated carbocycles. The van der Waals surface area contributed by atoms with Crippen LogP contribution in [0.5, 0.6) is 0 Å². The molecule has 0 aliphatic rings. The van der Waals surface area contributed by atoms with Gasteiger partial charge in [-0.3, -0.25) is 0 Å². The summed E-state index contributed by atoms with van der Waals surface area (Å²) in [5.41, 5.74) is 1.22. The maximum Gasteiger partial charge on any atom is 0.178 e. The van der Waals surface area contributed by atoms with Crippen LogP contribution >= 0.6 is 12.2 Å². The van der Waals surface area contributed by atoms with Gasteiger partial charge in [-0.05, 0) is 44.6 Å². The van der Waals surface area contributed by atoms with E-state index in [1.165, 1.54) is 6.07 Å². The summed E-state index contributed by atoms with van der Waals surface area (Å²) in [6.07, 6.45) is 0.935. The van der Waals surface area contributed by atoms with Crippen LogP contribution in [0.3, 0.4) is 0 Å². The number of aromatic amines is 1. The highest BCUT2D eigenvalue weighted by atomic mass is 32.1. The molecule has 2 rings (SSSR count). The van der Waals surface area contributed by atoms with Crippen molar-refractivity contribution < 1.29 is 4.39 Å². The zero-order valence-electron chi connectivity index (χ0n) is 9.67. The van der Waals surface area contributed by atoms with Crippen molar-refractivity contribution in [2.75, 3.05) is 0 Å². The van der Waals surface area contributed by atoms with Gasteiger partial charge in [0.15, 0.2) is 4.77 Å². The molecule has 4 heteroatoms. The van der Waals surface area contributed by atoms with Crippen molar-refractivity contribution in [1.29, 1.82) is 0 Å². The van der Waals surface area contributed by atoms with Crippen molar-refractivity contribution >= 4 is 23.3 Å². The number of rotatable bonds is 2. The third-order valence-electron chi connectivity index (χ3n) is 3.14. The van der Waals surface area contributed by atoms with Crippen molar-refractivity contribution in [3.05, 3.63) is 28.8 Å². The van der Waals surface area contributed by atoms with Gasteiger partial charge in [0, 0.05) is 5.54 Å². The normalized spacial score (nSPS) is 12.2. The largest absolute Gasteiger partial charge is 0.328 e. The number of hydrogen-bond donors (Lipinski definition) is 1. The van der Waals surface area contributed by atoms with Crippen LogP contribution in [0.4, 0.5) is 4.39 Å². The second-order valence-corrected chi connectivity index (χ2v) is 4.95. The Hall–Kier alpha value is -1.16. The van der Waals surface area contributed by atoms with Gasteiger partial charge in [-0.2, -0.15) is 0 Å². The molecule has 2 nitrogen and oxygen atoms in total. The van der Waals surface area contributed by atoms with E-state index in [-0.39, 0.29) is 11.4 Å². The van der Waals surface area contributed by atoms with E-state index in [2.05, 4.69) is 25.8 Å². The molecule has 0 saturated heterocycles. The Morgan fingerprint density at radius 2 is 2.12 bits per heavy atom. The number of halogens is 1. The number of benzene rings is 1. The minimum Gasteiger partial charge on any atom is -0.328 e.